The van der Waals surface area contributed by atoms with E-state index in [1.807, 2.05) is 32.0 Å². The molecule has 0 aliphatic heterocycles. The maximum absolute atomic E-state index is 12.8. The Balaban J connectivity index is 1.81. The molecule has 0 aliphatic carbocycles. The molecule has 0 saturated carbocycles. The molecule has 0 unspecified atom stereocenters. The normalized spacial score (nSPS) is 10.8. The van der Waals surface area contributed by atoms with Gasteiger partial charge in [0.1, 0.15) is 11.3 Å². The Morgan fingerprint density at radius 2 is 2.08 bits per heavy atom. The highest BCUT2D eigenvalue weighted by Crippen LogP contribution is 2.27. The number of benzene rings is 1. The molecule has 2 heterocycles. The van der Waals surface area contributed by atoms with Gasteiger partial charge in [0.05, 0.1) is 38.0 Å². The van der Waals surface area contributed by atoms with E-state index in [2.05, 4.69) is 6.07 Å². The molecule has 5 heteroatoms. The van der Waals surface area contributed by atoms with E-state index >= 15 is 0 Å². The summed E-state index contributed by atoms with van der Waals surface area (Å²) >= 11 is 0. The van der Waals surface area contributed by atoms with E-state index in [9.17, 15) is 4.79 Å². The fourth-order valence-electron chi connectivity index (χ4n) is 2.87. The molecule has 0 spiro atoms. The van der Waals surface area contributed by atoms with E-state index in [-0.39, 0.29) is 18.7 Å². The third-order valence-corrected chi connectivity index (χ3v) is 4.46. The van der Waals surface area contributed by atoms with Crippen LogP contribution in [0.5, 0.6) is 0 Å². The van der Waals surface area contributed by atoms with Crippen molar-refractivity contribution < 1.29 is 13.6 Å². The van der Waals surface area contributed by atoms with Crippen molar-refractivity contribution >= 4 is 16.9 Å². The van der Waals surface area contributed by atoms with E-state index in [0.717, 1.165) is 27.7 Å². The monoisotopic (exact) mass is 336 g/mol. The number of carbonyl (C=O) groups is 1. The molecule has 25 heavy (non-hydrogen) atoms. The van der Waals surface area contributed by atoms with Gasteiger partial charge in [-0.05, 0) is 37.1 Å². The lowest BCUT2D eigenvalue weighted by Crippen LogP contribution is -2.32. The van der Waals surface area contributed by atoms with Gasteiger partial charge in [-0.2, -0.15) is 5.26 Å². The van der Waals surface area contributed by atoms with Crippen LogP contribution in [0.15, 0.2) is 45.6 Å². The lowest BCUT2D eigenvalue weighted by Gasteiger charge is -2.20. The molecule has 0 N–H and O–H groups in total. The molecule has 2 aromatic heterocycles. The van der Waals surface area contributed by atoms with Crippen molar-refractivity contribution in [3.05, 3.63) is 59.2 Å². The van der Waals surface area contributed by atoms with E-state index in [0.29, 0.717) is 18.8 Å². The molecule has 1 amide bonds. The Bertz CT molecular complexity index is 916. The molecule has 128 valence electrons. The Morgan fingerprint density at radius 1 is 1.24 bits per heavy atom. The van der Waals surface area contributed by atoms with Gasteiger partial charge in [-0.15, -0.1) is 0 Å². The van der Waals surface area contributed by atoms with Crippen LogP contribution in [0.2, 0.25) is 0 Å². The molecule has 5 nitrogen and oxygen atoms in total. The van der Waals surface area contributed by atoms with Crippen LogP contribution in [-0.4, -0.2) is 17.4 Å². The standard InChI is InChI=1S/C20H20N2O3/c1-14-6-7-18-16(13-25-20(18)15(14)2)11-19(23)22(9-4-8-21)12-17-5-3-10-24-17/h3,5-7,10,13H,4,9,11-12H2,1-2H3. The summed E-state index contributed by atoms with van der Waals surface area (Å²) in [4.78, 5) is 14.4. The highest BCUT2D eigenvalue weighted by molar-refractivity contribution is 5.89. The summed E-state index contributed by atoms with van der Waals surface area (Å²) in [6.45, 7) is 4.80. The van der Waals surface area contributed by atoms with Crippen LogP contribution in [0.1, 0.15) is 28.9 Å². The van der Waals surface area contributed by atoms with E-state index in [1.165, 1.54) is 0 Å². The summed E-state index contributed by atoms with van der Waals surface area (Å²) in [7, 11) is 0. The molecule has 0 saturated heterocycles. The topological polar surface area (TPSA) is 70.4 Å². The van der Waals surface area contributed by atoms with Crippen LogP contribution in [0.25, 0.3) is 11.0 Å². The number of carbonyl (C=O) groups excluding carboxylic acids is 1. The fraction of sp³-hybridized carbons (Fsp3) is 0.300. The second-order valence-electron chi connectivity index (χ2n) is 6.12. The van der Waals surface area contributed by atoms with Gasteiger partial charge in [0.15, 0.2) is 0 Å². The van der Waals surface area contributed by atoms with Crippen molar-refractivity contribution in [2.24, 2.45) is 0 Å². The average Bonchev–Trinajstić information content (AvgIpc) is 3.25. The molecule has 0 aliphatic rings. The number of rotatable bonds is 6. The van der Waals surface area contributed by atoms with E-state index in [4.69, 9.17) is 14.1 Å². The van der Waals surface area contributed by atoms with Gasteiger partial charge in [0.2, 0.25) is 5.91 Å². The van der Waals surface area contributed by atoms with Gasteiger partial charge in [0.25, 0.3) is 0 Å². The van der Waals surface area contributed by atoms with Gasteiger partial charge in [-0.3, -0.25) is 4.79 Å². The third-order valence-electron chi connectivity index (χ3n) is 4.46. The van der Waals surface area contributed by atoms with Gasteiger partial charge in [-0.25, -0.2) is 0 Å². The minimum absolute atomic E-state index is 0.0485. The first-order valence-corrected chi connectivity index (χ1v) is 8.23. The zero-order valence-corrected chi connectivity index (χ0v) is 14.4. The molecule has 3 aromatic rings. The molecule has 0 atom stereocenters. The molecular formula is C20H20N2O3. The first-order chi connectivity index (χ1) is 12.1. The maximum atomic E-state index is 12.8. The predicted octanol–water partition coefficient (Wildman–Crippen LogP) is 4.13. The summed E-state index contributed by atoms with van der Waals surface area (Å²) in [5.41, 5.74) is 3.95. The third kappa shape index (κ3) is 3.58. The van der Waals surface area contributed by atoms with Crippen molar-refractivity contribution in [3.8, 4) is 6.07 Å². The summed E-state index contributed by atoms with van der Waals surface area (Å²) < 4.78 is 11.0. The molecule has 0 radical (unpaired) electrons. The lowest BCUT2D eigenvalue weighted by molar-refractivity contribution is -0.131. The van der Waals surface area contributed by atoms with Crippen LogP contribution >= 0.6 is 0 Å². The van der Waals surface area contributed by atoms with Crippen LogP contribution in [0.4, 0.5) is 0 Å². The van der Waals surface area contributed by atoms with Gasteiger partial charge in [0, 0.05) is 17.5 Å². The summed E-state index contributed by atoms with van der Waals surface area (Å²) in [5.74, 6) is 0.655. The first kappa shape index (κ1) is 16.8. The molecular weight excluding hydrogens is 316 g/mol. The maximum Gasteiger partial charge on any atom is 0.227 e. The summed E-state index contributed by atoms with van der Waals surface area (Å²) in [5, 5.41) is 9.82. The average molecular weight is 336 g/mol. The van der Waals surface area contributed by atoms with Crippen molar-refractivity contribution in [2.75, 3.05) is 6.54 Å². The summed E-state index contributed by atoms with van der Waals surface area (Å²) in [6.07, 6.45) is 3.76. The van der Waals surface area contributed by atoms with Crippen molar-refractivity contribution in [1.29, 1.82) is 5.26 Å². The van der Waals surface area contributed by atoms with E-state index in [1.54, 1.807) is 23.5 Å². The number of amides is 1. The Hall–Kier alpha value is -3.00. The number of nitrogens with zero attached hydrogens (tertiary/aromatic N) is 2. The second-order valence-corrected chi connectivity index (χ2v) is 6.12. The number of fused-ring (bicyclic) bond motifs is 1. The molecule has 0 fully saturated rings. The lowest BCUT2D eigenvalue weighted by atomic mass is 10.0. The highest BCUT2D eigenvalue weighted by Gasteiger charge is 2.18. The zero-order valence-electron chi connectivity index (χ0n) is 14.4. The van der Waals surface area contributed by atoms with Gasteiger partial charge < -0.3 is 13.7 Å². The number of nitriles is 1. The zero-order chi connectivity index (χ0) is 17.8. The Labute approximate surface area is 146 Å². The van der Waals surface area contributed by atoms with Crippen LogP contribution in [-0.2, 0) is 17.8 Å². The highest BCUT2D eigenvalue weighted by atomic mass is 16.3. The van der Waals surface area contributed by atoms with Gasteiger partial charge >= 0.3 is 0 Å². The number of hydrogen-bond donors (Lipinski definition) is 0. The van der Waals surface area contributed by atoms with E-state index < -0.39 is 0 Å². The quantitative estimate of drug-likeness (QED) is 0.678. The minimum Gasteiger partial charge on any atom is -0.467 e. The molecule has 0 bridgehead atoms. The fourth-order valence-corrected chi connectivity index (χ4v) is 2.87. The Morgan fingerprint density at radius 3 is 2.80 bits per heavy atom. The predicted molar refractivity (Wildman–Crippen MR) is 93.7 cm³/mol. The van der Waals surface area contributed by atoms with Crippen molar-refractivity contribution in [3.63, 3.8) is 0 Å². The minimum atomic E-state index is -0.0485. The Kier molecular flexibility index (Phi) is 4.90. The van der Waals surface area contributed by atoms with Crippen LogP contribution in [0, 0.1) is 25.2 Å². The first-order valence-electron chi connectivity index (χ1n) is 8.23. The van der Waals surface area contributed by atoms with Crippen LogP contribution < -0.4 is 0 Å². The summed E-state index contributed by atoms with van der Waals surface area (Å²) in [6, 6.07) is 9.74. The number of hydrogen-bond acceptors (Lipinski definition) is 4. The smallest absolute Gasteiger partial charge is 0.227 e. The van der Waals surface area contributed by atoms with Crippen molar-refractivity contribution in [2.45, 2.75) is 33.2 Å². The second kappa shape index (κ2) is 7.27. The van der Waals surface area contributed by atoms with Gasteiger partial charge in [-0.1, -0.05) is 12.1 Å². The molecule has 3 rings (SSSR count). The van der Waals surface area contributed by atoms with Crippen molar-refractivity contribution in [1.82, 2.24) is 4.90 Å². The number of aryl methyl sites for hydroxylation is 2. The molecule has 1 aromatic carbocycles. The van der Waals surface area contributed by atoms with Crippen LogP contribution in [0.3, 0.4) is 0 Å². The number of furan rings is 2. The largest absolute Gasteiger partial charge is 0.467 e. The SMILES string of the molecule is Cc1ccc2c(CC(=O)N(CCC#N)Cc3ccco3)coc2c1C.